The van der Waals surface area contributed by atoms with Gasteiger partial charge in [-0.2, -0.15) is 5.10 Å². The van der Waals surface area contributed by atoms with Crippen LogP contribution >= 0.6 is 0 Å². The van der Waals surface area contributed by atoms with E-state index in [1.807, 2.05) is 34.1 Å². The topological polar surface area (TPSA) is 42.3 Å². The van der Waals surface area contributed by atoms with Crippen LogP contribution in [0.1, 0.15) is 11.3 Å². The van der Waals surface area contributed by atoms with Crippen molar-refractivity contribution in [1.29, 1.82) is 0 Å². The second-order valence-electron chi connectivity index (χ2n) is 5.00. The Hall–Kier alpha value is -2.17. The van der Waals surface area contributed by atoms with Crippen LogP contribution in [0.2, 0.25) is 0 Å². The van der Waals surface area contributed by atoms with Crippen LogP contribution in [0.4, 0.5) is 11.4 Å². The summed E-state index contributed by atoms with van der Waals surface area (Å²) in [6.45, 7) is 2.69. The van der Waals surface area contributed by atoms with E-state index in [4.69, 9.17) is 4.74 Å². The molecule has 0 radical (unpaired) electrons. The van der Waals surface area contributed by atoms with Gasteiger partial charge >= 0.3 is 0 Å². The molecule has 5 heteroatoms. The summed E-state index contributed by atoms with van der Waals surface area (Å²) in [5.74, 6) is 0.804. The first-order chi connectivity index (χ1) is 9.52. The lowest BCUT2D eigenvalue weighted by atomic mass is 10.2. The van der Waals surface area contributed by atoms with E-state index >= 15 is 0 Å². The Morgan fingerprint density at radius 2 is 2.10 bits per heavy atom. The number of benzene rings is 1. The van der Waals surface area contributed by atoms with Gasteiger partial charge in [-0.3, -0.25) is 0 Å². The van der Waals surface area contributed by atoms with Gasteiger partial charge < -0.3 is 15.0 Å². The van der Waals surface area contributed by atoms with E-state index in [1.54, 1.807) is 11.8 Å². The van der Waals surface area contributed by atoms with Gasteiger partial charge in [0.15, 0.2) is 0 Å². The van der Waals surface area contributed by atoms with E-state index in [1.165, 1.54) is 5.69 Å². The quantitative estimate of drug-likeness (QED) is 0.909. The minimum atomic E-state index is 0.694. The smallest absolute Gasteiger partial charge is 0.216 e. The van der Waals surface area contributed by atoms with Gasteiger partial charge in [-0.1, -0.05) is 6.07 Å². The van der Waals surface area contributed by atoms with Crippen molar-refractivity contribution in [3.63, 3.8) is 0 Å². The molecule has 0 aliphatic heterocycles. The number of hydrogen-bond acceptors (Lipinski definition) is 4. The molecule has 0 atom stereocenters. The van der Waals surface area contributed by atoms with Crippen molar-refractivity contribution in [3.05, 3.63) is 35.5 Å². The number of hydrogen-bond donors (Lipinski definition) is 1. The van der Waals surface area contributed by atoms with Crippen LogP contribution in [0.15, 0.2) is 24.3 Å². The van der Waals surface area contributed by atoms with Crippen LogP contribution in [-0.4, -0.2) is 31.0 Å². The van der Waals surface area contributed by atoms with Crippen molar-refractivity contribution in [3.8, 4) is 5.88 Å². The minimum absolute atomic E-state index is 0.694. The Labute approximate surface area is 120 Å². The summed E-state index contributed by atoms with van der Waals surface area (Å²) in [7, 11) is 7.63. The van der Waals surface area contributed by atoms with Crippen molar-refractivity contribution in [2.45, 2.75) is 13.5 Å². The molecule has 0 bridgehead atoms. The standard InChI is InChI=1S/C15H22N4O/c1-11-14(15(20-5)19(4)17-11)10-16-12-7-6-8-13(9-12)18(2)3/h6-9,16H,10H2,1-5H3. The SMILES string of the molecule is COc1c(CNc2cccc(N(C)C)c2)c(C)nn1C. The van der Waals surface area contributed by atoms with Crippen molar-refractivity contribution < 1.29 is 4.74 Å². The van der Waals surface area contributed by atoms with Crippen LogP contribution in [0, 0.1) is 6.92 Å². The molecule has 1 aromatic carbocycles. The van der Waals surface area contributed by atoms with E-state index in [2.05, 4.69) is 33.5 Å². The first-order valence-electron chi connectivity index (χ1n) is 6.60. The van der Waals surface area contributed by atoms with Crippen molar-refractivity contribution in [1.82, 2.24) is 9.78 Å². The molecule has 0 aliphatic rings. The van der Waals surface area contributed by atoms with E-state index in [0.29, 0.717) is 6.54 Å². The maximum Gasteiger partial charge on any atom is 0.216 e. The maximum absolute atomic E-state index is 5.40. The molecule has 108 valence electrons. The number of nitrogens with zero attached hydrogens (tertiary/aromatic N) is 3. The van der Waals surface area contributed by atoms with Crippen LogP contribution < -0.4 is 15.0 Å². The molecule has 1 N–H and O–H groups in total. The van der Waals surface area contributed by atoms with Crippen LogP contribution in [0.5, 0.6) is 5.88 Å². The molecule has 2 aromatic rings. The fourth-order valence-corrected chi connectivity index (χ4v) is 2.22. The summed E-state index contributed by atoms with van der Waals surface area (Å²) in [5.41, 5.74) is 4.33. The summed E-state index contributed by atoms with van der Waals surface area (Å²) in [4.78, 5) is 2.08. The van der Waals surface area contributed by atoms with Gasteiger partial charge in [0.25, 0.3) is 0 Å². The Kier molecular flexibility index (Phi) is 4.17. The van der Waals surface area contributed by atoms with E-state index in [-0.39, 0.29) is 0 Å². The lowest BCUT2D eigenvalue weighted by Crippen LogP contribution is -2.09. The van der Waals surface area contributed by atoms with Gasteiger partial charge in [0.1, 0.15) is 0 Å². The first kappa shape index (κ1) is 14.2. The number of aromatic nitrogens is 2. The molecule has 1 heterocycles. The van der Waals surface area contributed by atoms with Gasteiger partial charge in [-0.05, 0) is 25.1 Å². The summed E-state index contributed by atoms with van der Waals surface area (Å²) in [6.07, 6.45) is 0. The van der Waals surface area contributed by atoms with Crippen LogP contribution in [0.3, 0.4) is 0 Å². The fraction of sp³-hybridized carbons (Fsp3) is 0.400. The van der Waals surface area contributed by atoms with Crippen LogP contribution in [0.25, 0.3) is 0 Å². The van der Waals surface area contributed by atoms with E-state index in [0.717, 1.165) is 22.8 Å². The Morgan fingerprint density at radius 1 is 1.35 bits per heavy atom. The Morgan fingerprint density at radius 3 is 2.75 bits per heavy atom. The summed E-state index contributed by atoms with van der Waals surface area (Å²) < 4.78 is 7.17. The highest BCUT2D eigenvalue weighted by molar-refractivity contribution is 5.57. The summed E-state index contributed by atoms with van der Waals surface area (Å²) in [6, 6.07) is 8.31. The zero-order chi connectivity index (χ0) is 14.7. The fourth-order valence-electron chi connectivity index (χ4n) is 2.22. The molecule has 0 amide bonds. The van der Waals surface area contributed by atoms with Gasteiger partial charge in [-0.25, -0.2) is 4.68 Å². The zero-order valence-corrected chi connectivity index (χ0v) is 12.8. The third kappa shape index (κ3) is 2.87. The molecular weight excluding hydrogens is 252 g/mol. The molecule has 0 fully saturated rings. The highest BCUT2D eigenvalue weighted by Crippen LogP contribution is 2.23. The highest BCUT2D eigenvalue weighted by atomic mass is 16.5. The second kappa shape index (κ2) is 5.86. The normalized spacial score (nSPS) is 10.4. The number of methoxy groups -OCH3 is 1. The number of aryl methyl sites for hydroxylation is 2. The first-order valence-corrected chi connectivity index (χ1v) is 6.60. The molecular formula is C15H22N4O. The molecule has 20 heavy (non-hydrogen) atoms. The second-order valence-corrected chi connectivity index (χ2v) is 5.00. The largest absolute Gasteiger partial charge is 0.481 e. The summed E-state index contributed by atoms with van der Waals surface area (Å²) >= 11 is 0. The summed E-state index contributed by atoms with van der Waals surface area (Å²) in [5, 5.41) is 7.81. The van der Waals surface area contributed by atoms with Gasteiger partial charge in [-0.15, -0.1) is 0 Å². The maximum atomic E-state index is 5.40. The van der Waals surface area contributed by atoms with E-state index < -0.39 is 0 Å². The Balaban J connectivity index is 2.15. The zero-order valence-electron chi connectivity index (χ0n) is 12.8. The van der Waals surface area contributed by atoms with E-state index in [9.17, 15) is 0 Å². The number of rotatable bonds is 5. The molecule has 0 saturated heterocycles. The van der Waals surface area contributed by atoms with Crippen molar-refractivity contribution in [2.75, 3.05) is 31.4 Å². The van der Waals surface area contributed by atoms with Gasteiger partial charge in [0.05, 0.1) is 18.4 Å². The number of ether oxygens (including phenoxy) is 1. The van der Waals surface area contributed by atoms with Crippen molar-refractivity contribution >= 4 is 11.4 Å². The lowest BCUT2D eigenvalue weighted by molar-refractivity contribution is 0.370. The average Bonchev–Trinajstić information content (AvgIpc) is 2.70. The molecule has 2 rings (SSSR count). The molecule has 1 aromatic heterocycles. The molecule has 5 nitrogen and oxygen atoms in total. The predicted molar refractivity (Wildman–Crippen MR) is 82.6 cm³/mol. The molecule has 0 unspecified atom stereocenters. The Bertz CT molecular complexity index is 590. The monoisotopic (exact) mass is 274 g/mol. The highest BCUT2D eigenvalue weighted by Gasteiger charge is 2.13. The lowest BCUT2D eigenvalue weighted by Gasteiger charge is -2.14. The molecule has 0 spiro atoms. The minimum Gasteiger partial charge on any atom is -0.481 e. The molecule has 0 saturated carbocycles. The average molecular weight is 274 g/mol. The number of nitrogens with one attached hydrogen (secondary N) is 1. The molecule has 0 aliphatic carbocycles. The van der Waals surface area contributed by atoms with Crippen molar-refractivity contribution in [2.24, 2.45) is 7.05 Å². The van der Waals surface area contributed by atoms with Gasteiger partial charge in [0, 0.05) is 39.1 Å². The van der Waals surface area contributed by atoms with Gasteiger partial charge in [0.2, 0.25) is 5.88 Å². The number of anilines is 2. The third-order valence-corrected chi connectivity index (χ3v) is 3.31. The predicted octanol–water partition coefficient (Wildman–Crippen LogP) is 2.42. The third-order valence-electron chi connectivity index (χ3n) is 3.31. The van der Waals surface area contributed by atoms with Crippen LogP contribution in [-0.2, 0) is 13.6 Å².